The van der Waals surface area contributed by atoms with Gasteiger partial charge in [0.15, 0.2) is 5.78 Å². The van der Waals surface area contributed by atoms with Crippen LogP contribution in [0.15, 0.2) is 54.6 Å². The van der Waals surface area contributed by atoms with Crippen molar-refractivity contribution in [3.63, 3.8) is 0 Å². The Balaban J connectivity index is 1.80. The SMILES string of the molecule is O=C1Cc2ccc(-c3cccc(C(F)(F)F)c3)cc2Oc2cc(O)cc(O)c21. The van der Waals surface area contributed by atoms with E-state index < -0.39 is 23.3 Å². The van der Waals surface area contributed by atoms with Crippen molar-refractivity contribution in [3.05, 3.63) is 71.3 Å². The van der Waals surface area contributed by atoms with E-state index in [1.165, 1.54) is 18.2 Å². The summed E-state index contributed by atoms with van der Waals surface area (Å²) in [6.45, 7) is 0. The fraction of sp³-hybridized carbons (Fsp3) is 0.0952. The molecule has 0 aliphatic carbocycles. The smallest absolute Gasteiger partial charge is 0.416 e. The number of carbonyl (C=O) groups excluding carboxylic acids is 1. The van der Waals surface area contributed by atoms with Crippen LogP contribution < -0.4 is 4.74 Å². The molecule has 0 fully saturated rings. The van der Waals surface area contributed by atoms with E-state index in [9.17, 15) is 28.2 Å². The molecule has 0 saturated carbocycles. The monoisotopic (exact) mass is 386 g/mol. The number of halogens is 3. The number of hydrogen-bond acceptors (Lipinski definition) is 4. The molecule has 28 heavy (non-hydrogen) atoms. The summed E-state index contributed by atoms with van der Waals surface area (Å²) in [5.41, 5.74) is 0.530. The molecule has 0 spiro atoms. The summed E-state index contributed by atoms with van der Waals surface area (Å²) in [6, 6.07) is 11.9. The van der Waals surface area contributed by atoms with E-state index in [-0.39, 0.29) is 29.2 Å². The molecule has 2 N–H and O–H groups in total. The van der Waals surface area contributed by atoms with E-state index in [0.29, 0.717) is 16.7 Å². The molecule has 4 rings (SSSR count). The molecule has 7 heteroatoms. The molecule has 3 aromatic rings. The van der Waals surface area contributed by atoms with Gasteiger partial charge in [-0.2, -0.15) is 13.2 Å². The second kappa shape index (κ2) is 6.30. The van der Waals surface area contributed by atoms with Crippen molar-refractivity contribution in [1.29, 1.82) is 0 Å². The fourth-order valence-electron chi connectivity index (χ4n) is 3.18. The Morgan fingerprint density at radius 1 is 0.893 bits per heavy atom. The Labute approximate surface area is 157 Å². The Hall–Kier alpha value is -3.48. The summed E-state index contributed by atoms with van der Waals surface area (Å²) in [7, 11) is 0. The predicted octanol–water partition coefficient (Wildman–Crippen LogP) is 5.31. The van der Waals surface area contributed by atoms with E-state index in [2.05, 4.69) is 0 Å². The van der Waals surface area contributed by atoms with Gasteiger partial charge in [0.1, 0.15) is 28.6 Å². The van der Waals surface area contributed by atoms with E-state index in [0.717, 1.165) is 18.2 Å². The quantitative estimate of drug-likeness (QED) is 0.594. The van der Waals surface area contributed by atoms with Crippen LogP contribution in [-0.4, -0.2) is 16.0 Å². The number of ketones is 1. The molecule has 1 heterocycles. The van der Waals surface area contributed by atoms with Crippen molar-refractivity contribution in [3.8, 4) is 34.1 Å². The van der Waals surface area contributed by atoms with Crippen molar-refractivity contribution < 1.29 is 32.9 Å². The molecule has 1 aliphatic rings. The fourth-order valence-corrected chi connectivity index (χ4v) is 3.18. The van der Waals surface area contributed by atoms with Crippen molar-refractivity contribution in [1.82, 2.24) is 0 Å². The van der Waals surface area contributed by atoms with Crippen molar-refractivity contribution in [2.45, 2.75) is 12.6 Å². The number of ether oxygens (including phenoxy) is 1. The first-order valence-corrected chi connectivity index (χ1v) is 8.30. The van der Waals surface area contributed by atoms with Gasteiger partial charge in [-0.25, -0.2) is 0 Å². The lowest BCUT2D eigenvalue weighted by molar-refractivity contribution is -0.137. The lowest BCUT2D eigenvalue weighted by atomic mass is 9.98. The Morgan fingerprint density at radius 3 is 2.39 bits per heavy atom. The second-order valence-corrected chi connectivity index (χ2v) is 6.44. The number of fused-ring (bicyclic) bond motifs is 2. The summed E-state index contributed by atoms with van der Waals surface area (Å²) in [4.78, 5) is 12.5. The third-order valence-electron chi connectivity index (χ3n) is 4.51. The third-order valence-corrected chi connectivity index (χ3v) is 4.51. The minimum absolute atomic E-state index is 0.0116. The average molecular weight is 386 g/mol. The van der Waals surface area contributed by atoms with Crippen molar-refractivity contribution >= 4 is 5.78 Å². The standard InChI is InChI=1S/C21H13F3O4/c22-21(23,24)14-3-1-2-11(6-14)12-4-5-13-7-16(26)20-17(27)9-15(25)10-19(20)28-18(13)8-12/h1-6,8-10,25,27H,7H2. The lowest BCUT2D eigenvalue weighted by Crippen LogP contribution is -2.04. The molecule has 0 unspecified atom stereocenters. The molecule has 1 aliphatic heterocycles. The van der Waals surface area contributed by atoms with E-state index in [1.54, 1.807) is 18.2 Å². The van der Waals surface area contributed by atoms with Crippen LogP contribution in [0.5, 0.6) is 23.0 Å². The summed E-state index contributed by atoms with van der Waals surface area (Å²) >= 11 is 0. The van der Waals surface area contributed by atoms with E-state index in [4.69, 9.17) is 4.74 Å². The first kappa shape index (κ1) is 17.9. The highest BCUT2D eigenvalue weighted by molar-refractivity contribution is 6.03. The van der Waals surface area contributed by atoms with Crippen LogP contribution in [0.2, 0.25) is 0 Å². The maximum atomic E-state index is 13.0. The Bertz CT molecular complexity index is 1100. The van der Waals surface area contributed by atoms with Gasteiger partial charge in [-0.05, 0) is 29.3 Å². The van der Waals surface area contributed by atoms with Crippen LogP contribution in [0.1, 0.15) is 21.5 Å². The number of benzene rings is 3. The van der Waals surface area contributed by atoms with Gasteiger partial charge in [0.2, 0.25) is 0 Å². The summed E-state index contributed by atoms with van der Waals surface area (Å²) in [5, 5.41) is 19.7. The van der Waals surface area contributed by atoms with Gasteiger partial charge in [-0.3, -0.25) is 4.79 Å². The first-order valence-electron chi connectivity index (χ1n) is 8.30. The van der Waals surface area contributed by atoms with Gasteiger partial charge in [-0.1, -0.05) is 24.3 Å². The van der Waals surface area contributed by atoms with Crippen LogP contribution in [0, 0.1) is 0 Å². The van der Waals surface area contributed by atoms with Gasteiger partial charge >= 0.3 is 6.18 Å². The number of carbonyl (C=O) groups is 1. The highest BCUT2D eigenvalue weighted by Crippen LogP contribution is 2.42. The minimum Gasteiger partial charge on any atom is -0.508 e. The maximum absolute atomic E-state index is 13.0. The van der Waals surface area contributed by atoms with Crippen molar-refractivity contribution in [2.75, 3.05) is 0 Å². The zero-order chi connectivity index (χ0) is 20.1. The number of rotatable bonds is 1. The molecule has 4 nitrogen and oxygen atoms in total. The highest BCUT2D eigenvalue weighted by atomic mass is 19.4. The number of alkyl halides is 3. The van der Waals surface area contributed by atoms with Gasteiger partial charge in [0.05, 0.1) is 5.56 Å². The number of phenolic OH excluding ortho intramolecular Hbond substituents is 2. The average Bonchev–Trinajstić information content (AvgIpc) is 2.75. The summed E-state index contributed by atoms with van der Waals surface area (Å²) in [6.07, 6.45) is -4.51. The second-order valence-electron chi connectivity index (χ2n) is 6.44. The topological polar surface area (TPSA) is 66.8 Å². The molecule has 0 amide bonds. The Kier molecular flexibility index (Phi) is 4.03. The van der Waals surface area contributed by atoms with Gasteiger partial charge in [-0.15, -0.1) is 0 Å². The number of aromatic hydroxyl groups is 2. The van der Waals surface area contributed by atoms with Crippen LogP contribution in [0.25, 0.3) is 11.1 Å². The summed E-state index contributed by atoms with van der Waals surface area (Å²) in [5.74, 6) is -0.806. The number of hydrogen-bond donors (Lipinski definition) is 2. The first-order chi connectivity index (χ1) is 13.2. The predicted molar refractivity (Wildman–Crippen MR) is 94.8 cm³/mol. The van der Waals surface area contributed by atoms with Crippen molar-refractivity contribution in [2.24, 2.45) is 0 Å². The molecule has 0 aromatic heterocycles. The minimum atomic E-state index is -4.46. The normalized spacial score (nSPS) is 13.3. The number of phenols is 2. The molecule has 3 aromatic carbocycles. The van der Waals surface area contributed by atoms with Gasteiger partial charge in [0, 0.05) is 24.1 Å². The van der Waals surface area contributed by atoms with Crippen LogP contribution in [-0.2, 0) is 12.6 Å². The molecular weight excluding hydrogens is 373 g/mol. The number of Topliss-reactive ketones (excluding diaryl/α,β-unsaturated/α-hetero) is 1. The van der Waals surface area contributed by atoms with Gasteiger partial charge in [0.25, 0.3) is 0 Å². The lowest BCUT2D eigenvalue weighted by Gasteiger charge is -2.12. The van der Waals surface area contributed by atoms with Crippen LogP contribution in [0.3, 0.4) is 0 Å². The van der Waals surface area contributed by atoms with E-state index in [1.807, 2.05) is 0 Å². The van der Waals surface area contributed by atoms with Gasteiger partial charge < -0.3 is 14.9 Å². The largest absolute Gasteiger partial charge is 0.508 e. The van der Waals surface area contributed by atoms with E-state index >= 15 is 0 Å². The Morgan fingerprint density at radius 2 is 1.64 bits per heavy atom. The third kappa shape index (κ3) is 3.15. The molecule has 0 bridgehead atoms. The van der Waals surface area contributed by atoms with Crippen LogP contribution in [0.4, 0.5) is 13.2 Å². The molecule has 0 radical (unpaired) electrons. The highest BCUT2D eigenvalue weighted by Gasteiger charge is 2.30. The molecular formula is C21H13F3O4. The van der Waals surface area contributed by atoms with Crippen LogP contribution >= 0.6 is 0 Å². The zero-order valence-corrected chi connectivity index (χ0v) is 14.2. The summed E-state index contributed by atoms with van der Waals surface area (Å²) < 4.78 is 44.7. The maximum Gasteiger partial charge on any atom is 0.416 e. The zero-order valence-electron chi connectivity index (χ0n) is 14.2. The molecule has 142 valence electrons. The molecule has 0 saturated heterocycles. The molecule has 0 atom stereocenters.